The number of fused-ring (bicyclic) bond motifs is 2. The molecule has 2 bridgehead atoms. The van der Waals surface area contributed by atoms with Crippen LogP contribution in [0.1, 0.15) is 45.6 Å². The maximum atomic E-state index is 4.85. The van der Waals surface area contributed by atoms with Crippen molar-refractivity contribution in [2.75, 3.05) is 4.90 Å². The second-order valence-electron chi connectivity index (χ2n) is 11.3. The number of para-hydroxylation sites is 1. The van der Waals surface area contributed by atoms with Crippen LogP contribution in [0.5, 0.6) is 0 Å². The van der Waals surface area contributed by atoms with E-state index < -0.39 is 5.41 Å². The summed E-state index contributed by atoms with van der Waals surface area (Å²) in [5, 5.41) is 0. The largest absolute Gasteiger partial charge is 0.311 e. The molecule has 1 nitrogen and oxygen atoms in total. The summed E-state index contributed by atoms with van der Waals surface area (Å²) < 4.78 is 0. The highest BCUT2D eigenvalue weighted by molar-refractivity contribution is 5.78. The highest BCUT2D eigenvalue weighted by atomic mass is 15.1. The van der Waals surface area contributed by atoms with Gasteiger partial charge in [-0.15, -0.1) is 0 Å². The maximum Gasteiger partial charge on any atom is 0.0641 e. The van der Waals surface area contributed by atoms with Crippen molar-refractivity contribution in [1.82, 2.24) is 0 Å². The van der Waals surface area contributed by atoms with Gasteiger partial charge in [0, 0.05) is 17.1 Å². The van der Waals surface area contributed by atoms with Gasteiger partial charge in [-0.25, -0.2) is 0 Å². The van der Waals surface area contributed by atoms with Crippen LogP contribution >= 0.6 is 0 Å². The lowest BCUT2D eigenvalue weighted by Gasteiger charge is -2.36. The number of nitrogens with zero attached hydrogens (tertiary/aromatic N) is 1. The van der Waals surface area contributed by atoms with Crippen molar-refractivity contribution in [2.24, 2.45) is 0 Å². The van der Waals surface area contributed by atoms with Gasteiger partial charge in [0.05, 0.1) is 5.41 Å². The fourth-order valence-corrected chi connectivity index (χ4v) is 6.49. The Morgan fingerprint density at radius 1 is 0.886 bits per heavy atom. The van der Waals surface area contributed by atoms with Crippen LogP contribution in [0, 0.1) is 0 Å². The predicted molar refractivity (Wildman–Crippen MR) is 192 cm³/mol. The summed E-state index contributed by atoms with van der Waals surface area (Å²) in [5.74, 6) is 0. The number of benzene rings is 2. The van der Waals surface area contributed by atoms with E-state index in [1.165, 1.54) is 33.4 Å². The third-order valence-corrected chi connectivity index (χ3v) is 8.52. The van der Waals surface area contributed by atoms with Gasteiger partial charge in [0.25, 0.3) is 0 Å². The number of rotatable bonds is 9. The zero-order valence-corrected chi connectivity index (χ0v) is 26.3. The average molecular weight is 574 g/mol. The minimum atomic E-state index is -0.468. The molecule has 0 N–H and O–H groups in total. The molecule has 1 atom stereocenters. The normalized spacial score (nSPS) is 22.6. The van der Waals surface area contributed by atoms with Gasteiger partial charge in [-0.2, -0.15) is 0 Å². The molecule has 1 unspecified atom stereocenters. The molecule has 2 aromatic carbocycles. The monoisotopic (exact) mass is 573 g/mol. The van der Waals surface area contributed by atoms with E-state index in [1.54, 1.807) is 0 Å². The third-order valence-electron chi connectivity index (χ3n) is 8.52. The molecule has 0 amide bonds. The molecule has 0 saturated carbocycles. The van der Waals surface area contributed by atoms with E-state index in [9.17, 15) is 0 Å². The van der Waals surface area contributed by atoms with Crippen LogP contribution in [0.15, 0.2) is 198 Å². The van der Waals surface area contributed by atoms with Crippen LogP contribution in [0.25, 0.3) is 0 Å². The fourth-order valence-electron chi connectivity index (χ4n) is 6.49. The molecular formula is C43H43N. The predicted octanol–water partition coefficient (Wildman–Crippen LogP) is 11.8. The molecule has 0 aromatic heterocycles. The Balaban J connectivity index is 1.77. The Kier molecular flexibility index (Phi) is 9.77. The van der Waals surface area contributed by atoms with Crippen LogP contribution in [0.3, 0.4) is 0 Å². The average Bonchev–Trinajstić information content (AvgIpc) is 3.34. The zero-order chi connectivity index (χ0) is 30.9. The van der Waals surface area contributed by atoms with Gasteiger partial charge in [-0.3, -0.25) is 0 Å². The van der Waals surface area contributed by atoms with Gasteiger partial charge in [0.15, 0.2) is 0 Å². The van der Waals surface area contributed by atoms with Crippen LogP contribution in [-0.4, -0.2) is 0 Å². The van der Waals surface area contributed by atoms with Crippen molar-refractivity contribution >= 4 is 11.4 Å². The van der Waals surface area contributed by atoms with Crippen LogP contribution in [0.2, 0.25) is 0 Å². The summed E-state index contributed by atoms with van der Waals surface area (Å²) in [5.41, 5.74) is 11.6. The first-order valence-corrected chi connectivity index (χ1v) is 15.6. The van der Waals surface area contributed by atoms with E-state index in [4.69, 9.17) is 6.58 Å². The second kappa shape index (κ2) is 14.1. The van der Waals surface area contributed by atoms with E-state index in [0.717, 1.165) is 41.9 Å². The van der Waals surface area contributed by atoms with Crippen molar-refractivity contribution in [3.05, 3.63) is 204 Å². The number of hydrogen-bond acceptors (Lipinski definition) is 1. The number of anilines is 2. The summed E-state index contributed by atoms with van der Waals surface area (Å²) in [7, 11) is 0. The lowest BCUT2D eigenvalue weighted by Crippen LogP contribution is -2.28. The molecule has 3 aliphatic rings. The first-order chi connectivity index (χ1) is 21.6. The minimum Gasteiger partial charge on any atom is -0.311 e. The first-order valence-electron chi connectivity index (χ1n) is 15.6. The van der Waals surface area contributed by atoms with Gasteiger partial charge in [-0.1, -0.05) is 128 Å². The molecule has 0 saturated heterocycles. The smallest absolute Gasteiger partial charge is 0.0641 e. The molecule has 0 radical (unpaired) electrons. The van der Waals surface area contributed by atoms with Gasteiger partial charge >= 0.3 is 0 Å². The molecule has 0 heterocycles. The molecule has 2 aromatic rings. The Morgan fingerprint density at radius 2 is 1.66 bits per heavy atom. The molecule has 0 aliphatic heterocycles. The van der Waals surface area contributed by atoms with Crippen molar-refractivity contribution in [3.63, 3.8) is 0 Å². The molecule has 0 spiro atoms. The van der Waals surface area contributed by atoms with Crippen molar-refractivity contribution in [1.29, 1.82) is 0 Å². The SMILES string of the molecule is C=C/C(=C\C=C/C)N(c1ccccc1)c1cccc(C23C=C(/C=C(/C=C\C=C/C)CC4=C2C=CCC4)/C(=C/C=C\C)C3=C)c1. The van der Waals surface area contributed by atoms with Crippen LogP contribution in [0.4, 0.5) is 11.4 Å². The number of allylic oxidation sites excluding steroid dienone is 21. The summed E-state index contributed by atoms with van der Waals surface area (Å²) in [6.07, 6.45) is 35.8. The topological polar surface area (TPSA) is 3.24 Å². The first kappa shape index (κ1) is 30.6. The molecule has 44 heavy (non-hydrogen) atoms. The molecule has 1 heteroatoms. The van der Waals surface area contributed by atoms with Crippen molar-refractivity contribution < 1.29 is 0 Å². The summed E-state index contributed by atoms with van der Waals surface area (Å²) in [6, 6.07) is 19.5. The molecule has 0 fully saturated rings. The third kappa shape index (κ3) is 5.96. The van der Waals surface area contributed by atoms with Crippen molar-refractivity contribution in [3.8, 4) is 0 Å². The summed E-state index contributed by atoms with van der Waals surface area (Å²) in [4.78, 5) is 2.28. The van der Waals surface area contributed by atoms with E-state index >= 15 is 0 Å². The molecule has 220 valence electrons. The summed E-state index contributed by atoms with van der Waals surface area (Å²) >= 11 is 0. The van der Waals surface area contributed by atoms with Gasteiger partial charge < -0.3 is 4.90 Å². The molecule has 3 aliphatic carbocycles. The quantitative estimate of drug-likeness (QED) is 0.270. The maximum absolute atomic E-state index is 4.85. The second-order valence-corrected chi connectivity index (χ2v) is 11.3. The van der Waals surface area contributed by atoms with Gasteiger partial charge in [0.2, 0.25) is 0 Å². The Hall–Kier alpha value is -4.88. The highest BCUT2D eigenvalue weighted by Crippen LogP contribution is 2.55. The lowest BCUT2D eigenvalue weighted by molar-refractivity contribution is 0.742. The zero-order valence-electron chi connectivity index (χ0n) is 26.3. The summed E-state index contributed by atoms with van der Waals surface area (Å²) in [6.45, 7) is 15.2. The molecular weight excluding hydrogens is 530 g/mol. The van der Waals surface area contributed by atoms with Gasteiger partial charge in [-0.05, 0) is 110 Å². The van der Waals surface area contributed by atoms with Crippen LogP contribution < -0.4 is 4.90 Å². The van der Waals surface area contributed by atoms with Gasteiger partial charge in [0.1, 0.15) is 0 Å². The van der Waals surface area contributed by atoms with Crippen LogP contribution in [-0.2, 0) is 5.41 Å². The lowest BCUT2D eigenvalue weighted by atomic mass is 9.66. The Morgan fingerprint density at radius 3 is 2.41 bits per heavy atom. The Bertz CT molecular complexity index is 1720. The Labute approximate surface area is 264 Å². The van der Waals surface area contributed by atoms with E-state index in [0.29, 0.717) is 0 Å². The van der Waals surface area contributed by atoms with E-state index in [2.05, 4.69) is 159 Å². The molecule has 5 rings (SSSR count). The van der Waals surface area contributed by atoms with E-state index in [1.807, 2.05) is 19.1 Å². The minimum absolute atomic E-state index is 0.468. The van der Waals surface area contributed by atoms with Crippen molar-refractivity contribution in [2.45, 2.75) is 45.4 Å². The fraction of sp³-hybridized carbons (Fsp3) is 0.163. The standard InChI is InChI=1S/C43H43N/c1-6-10-14-20-34-29-35-21-17-18-28-42(35)43(32-36(30-34)41(33(43)5)27-12-8-3)37-22-19-26-40(31-37)44(38(9-4)23-11-7-2)39-24-15-13-16-25-39/h6-16,18-20,22-28,30-32H,4-5,17,21,29H2,1-3H3/b10-6-,11-7-,12-8-,20-14-,34-30-,38-23+,41-27+. The number of hydrogen-bond donors (Lipinski definition) is 0. The highest BCUT2D eigenvalue weighted by Gasteiger charge is 2.45. The van der Waals surface area contributed by atoms with E-state index in [-0.39, 0.29) is 0 Å².